The van der Waals surface area contributed by atoms with Gasteiger partial charge in [0, 0.05) is 17.3 Å². The van der Waals surface area contributed by atoms with Crippen molar-refractivity contribution in [3.63, 3.8) is 0 Å². The number of hydrogen-bond donors (Lipinski definition) is 2. The lowest BCUT2D eigenvalue weighted by molar-refractivity contribution is 1.02. The number of rotatable bonds is 4. The van der Waals surface area contributed by atoms with Gasteiger partial charge in [-0.25, -0.2) is 0 Å². The summed E-state index contributed by atoms with van der Waals surface area (Å²) in [6, 6.07) is 5.57. The van der Waals surface area contributed by atoms with Gasteiger partial charge in [0.15, 0.2) is 0 Å². The Balaban J connectivity index is 2.30. The molecule has 0 radical (unpaired) electrons. The molecule has 0 unspecified atom stereocenters. The van der Waals surface area contributed by atoms with Crippen molar-refractivity contribution in [2.24, 2.45) is 0 Å². The Morgan fingerprint density at radius 1 is 1.11 bits per heavy atom. The van der Waals surface area contributed by atoms with Gasteiger partial charge in [0.05, 0.1) is 0 Å². The highest BCUT2D eigenvalue weighted by molar-refractivity contribution is 6.31. The lowest BCUT2D eigenvalue weighted by atomic mass is 10.2. The first-order valence-electron chi connectivity index (χ1n) is 5.77. The molecule has 0 spiro atoms. The minimum atomic E-state index is 0.133. The average molecular weight is 298 g/mol. The maximum atomic E-state index is 6.06. The van der Waals surface area contributed by atoms with Crippen molar-refractivity contribution in [2.75, 3.05) is 17.2 Å². The fourth-order valence-corrected chi connectivity index (χ4v) is 1.84. The summed E-state index contributed by atoms with van der Waals surface area (Å²) in [6.45, 7) is 4.57. The van der Waals surface area contributed by atoms with E-state index in [2.05, 4.69) is 25.6 Å². The van der Waals surface area contributed by atoms with Crippen LogP contribution in [0.25, 0.3) is 0 Å². The van der Waals surface area contributed by atoms with Crippen LogP contribution in [0.15, 0.2) is 18.2 Å². The van der Waals surface area contributed by atoms with Crippen LogP contribution in [0.3, 0.4) is 0 Å². The third-order valence-corrected chi connectivity index (χ3v) is 3.04. The quantitative estimate of drug-likeness (QED) is 0.902. The number of hydrogen-bond acceptors (Lipinski definition) is 5. The van der Waals surface area contributed by atoms with Crippen molar-refractivity contribution in [1.29, 1.82) is 0 Å². The number of nitrogens with one attached hydrogen (secondary N) is 2. The zero-order valence-corrected chi connectivity index (χ0v) is 12.0. The van der Waals surface area contributed by atoms with E-state index in [1.54, 1.807) is 0 Å². The van der Waals surface area contributed by atoms with E-state index in [-0.39, 0.29) is 5.28 Å². The minimum absolute atomic E-state index is 0.133. The van der Waals surface area contributed by atoms with E-state index in [9.17, 15) is 0 Å². The van der Waals surface area contributed by atoms with Gasteiger partial charge in [-0.3, -0.25) is 0 Å². The first kappa shape index (κ1) is 13.8. The summed E-state index contributed by atoms with van der Waals surface area (Å²) in [4.78, 5) is 12.2. The van der Waals surface area contributed by atoms with Gasteiger partial charge in [0.1, 0.15) is 0 Å². The predicted octanol–water partition coefficient (Wildman–Crippen LogP) is 3.66. The van der Waals surface area contributed by atoms with Crippen LogP contribution in [0.5, 0.6) is 0 Å². The Labute approximate surface area is 121 Å². The van der Waals surface area contributed by atoms with E-state index in [1.165, 1.54) is 0 Å². The molecular formula is C12H13Cl2N5. The Kier molecular flexibility index (Phi) is 4.39. The molecule has 2 N–H and O–H groups in total. The predicted molar refractivity (Wildman–Crippen MR) is 78.5 cm³/mol. The van der Waals surface area contributed by atoms with Crippen LogP contribution in [0.2, 0.25) is 10.3 Å². The fourth-order valence-electron chi connectivity index (χ4n) is 1.51. The van der Waals surface area contributed by atoms with Crippen LogP contribution < -0.4 is 10.6 Å². The third-order valence-electron chi connectivity index (χ3n) is 2.46. The molecule has 100 valence electrons. The van der Waals surface area contributed by atoms with Gasteiger partial charge in [-0.1, -0.05) is 17.7 Å². The molecule has 0 aliphatic carbocycles. The first-order valence-corrected chi connectivity index (χ1v) is 6.53. The lowest BCUT2D eigenvalue weighted by Crippen LogP contribution is -2.07. The van der Waals surface area contributed by atoms with Crippen LogP contribution in [-0.2, 0) is 0 Å². The number of nitrogens with zero attached hydrogens (tertiary/aromatic N) is 3. The minimum Gasteiger partial charge on any atom is -0.354 e. The van der Waals surface area contributed by atoms with E-state index in [4.69, 9.17) is 23.2 Å². The smallest absolute Gasteiger partial charge is 0.233 e. The second-order valence-corrected chi connectivity index (χ2v) is 4.56. The zero-order valence-electron chi connectivity index (χ0n) is 10.5. The summed E-state index contributed by atoms with van der Waals surface area (Å²) in [5, 5.41) is 6.88. The second-order valence-electron chi connectivity index (χ2n) is 3.82. The third kappa shape index (κ3) is 3.45. The van der Waals surface area contributed by atoms with Crippen LogP contribution in [-0.4, -0.2) is 21.5 Å². The molecule has 0 atom stereocenters. The van der Waals surface area contributed by atoms with Crippen molar-refractivity contribution in [2.45, 2.75) is 13.8 Å². The standard InChI is InChI=1S/C12H13Cl2N5/c1-3-15-11-17-10(14)18-12(19-11)16-9-6-4-5-8(13)7(9)2/h4-6H,3H2,1-2H3,(H2,15,16,17,18,19). The number of benzene rings is 1. The van der Waals surface area contributed by atoms with Gasteiger partial charge in [-0.05, 0) is 43.1 Å². The van der Waals surface area contributed by atoms with Gasteiger partial charge >= 0.3 is 0 Å². The molecule has 0 fully saturated rings. The zero-order chi connectivity index (χ0) is 13.8. The molecule has 1 aromatic carbocycles. The fraction of sp³-hybridized carbons (Fsp3) is 0.250. The Hall–Kier alpha value is -1.59. The topological polar surface area (TPSA) is 62.7 Å². The number of aromatic nitrogens is 3. The molecule has 0 amide bonds. The molecule has 1 heterocycles. The highest BCUT2D eigenvalue weighted by Crippen LogP contribution is 2.25. The van der Waals surface area contributed by atoms with Gasteiger partial charge in [-0.15, -0.1) is 0 Å². The van der Waals surface area contributed by atoms with E-state index < -0.39 is 0 Å². The molecule has 0 saturated carbocycles. The van der Waals surface area contributed by atoms with E-state index in [1.807, 2.05) is 32.0 Å². The Morgan fingerprint density at radius 3 is 2.58 bits per heavy atom. The van der Waals surface area contributed by atoms with E-state index in [0.717, 1.165) is 11.3 Å². The molecular weight excluding hydrogens is 285 g/mol. The van der Waals surface area contributed by atoms with Crippen LogP contribution >= 0.6 is 23.2 Å². The number of halogens is 2. The first-order chi connectivity index (χ1) is 9.10. The Bertz CT molecular complexity index is 588. The highest BCUT2D eigenvalue weighted by Gasteiger charge is 2.07. The van der Waals surface area contributed by atoms with Crippen LogP contribution in [0.4, 0.5) is 17.6 Å². The summed E-state index contributed by atoms with van der Waals surface area (Å²) in [7, 11) is 0. The maximum Gasteiger partial charge on any atom is 0.233 e. The molecule has 19 heavy (non-hydrogen) atoms. The summed E-state index contributed by atoms with van der Waals surface area (Å²) >= 11 is 11.9. The molecule has 0 bridgehead atoms. The van der Waals surface area contributed by atoms with Crippen molar-refractivity contribution < 1.29 is 0 Å². The van der Waals surface area contributed by atoms with Gasteiger partial charge in [0.25, 0.3) is 0 Å². The molecule has 0 aliphatic heterocycles. The molecule has 5 nitrogen and oxygen atoms in total. The van der Waals surface area contributed by atoms with E-state index >= 15 is 0 Å². The maximum absolute atomic E-state index is 6.06. The highest BCUT2D eigenvalue weighted by atomic mass is 35.5. The summed E-state index contributed by atoms with van der Waals surface area (Å²) in [6.07, 6.45) is 0. The summed E-state index contributed by atoms with van der Waals surface area (Å²) in [5.41, 5.74) is 1.75. The summed E-state index contributed by atoms with van der Waals surface area (Å²) < 4.78 is 0. The summed E-state index contributed by atoms with van der Waals surface area (Å²) in [5.74, 6) is 0.811. The van der Waals surface area contributed by atoms with Crippen LogP contribution in [0, 0.1) is 6.92 Å². The molecule has 2 aromatic rings. The lowest BCUT2D eigenvalue weighted by Gasteiger charge is -2.10. The monoisotopic (exact) mass is 297 g/mol. The van der Waals surface area contributed by atoms with Crippen molar-refractivity contribution in [3.8, 4) is 0 Å². The molecule has 1 aromatic heterocycles. The van der Waals surface area contributed by atoms with Gasteiger partial charge < -0.3 is 10.6 Å². The molecule has 0 aliphatic rings. The van der Waals surface area contributed by atoms with Crippen LogP contribution in [0.1, 0.15) is 12.5 Å². The average Bonchev–Trinajstić information content (AvgIpc) is 2.35. The normalized spacial score (nSPS) is 10.3. The van der Waals surface area contributed by atoms with Gasteiger partial charge in [-0.2, -0.15) is 15.0 Å². The molecule has 7 heteroatoms. The largest absolute Gasteiger partial charge is 0.354 e. The molecule has 0 saturated heterocycles. The second kappa shape index (κ2) is 6.04. The van der Waals surface area contributed by atoms with Crippen molar-refractivity contribution in [1.82, 2.24) is 15.0 Å². The number of anilines is 3. The van der Waals surface area contributed by atoms with Crippen molar-refractivity contribution >= 4 is 40.8 Å². The van der Waals surface area contributed by atoms with Gasteiger partial charge in [0.2, 0.25) is 17.2 Å². The SMILES string of the molecule is CCNc1nc(Cl)nc(Nc2cccc(Cl)c2C)n1. The van der Waals surface area contributed by atoms with Crippen molar-refractivity contribution in [3.05, 3.63) is 34.1 Å². The Morgan fingerprint density at radius 2 is 1.84 bits per heavy atom. The van der Waals surface area contributed by atoms with E-state index in [0.29, 0.717) is 23.5 Å². The molecule has 2 rings (SSSR count).